The fourth-order valence-corrected chi connectivity index (χ4v) is 0.321. The molecule has 1 nitrogen and oxygen atoms in total. The van der Waals surface area contributed by atoms with Crippen LogP contribution in [0.4, 0.5) is 0 Å². The van der Waals surface area contributed by atoms with E-state index in [2.05, 4.69) is 0 Å². The van der Waals surface area contributed by atoms with Crippen molar-refractivity contribution < 1.29 is 21.8 Å². The van der Waals surface area contributed by atoms with Crippen LogP contribution >= 0.6 is 0 Å². The van der Waals surface area contributed by atoms with Gasteiger partial charge in [-0.15, -0.1) is 0 Å². The minimum atomic E-state index is 1.44. The van der Waals surface area contributed by atoms with Crippen LogP contribution in [0, 0.1) is 0 Å². The summed E-state index contributed by atoms with van der Waals surface area (Å²) in [6.07, 6.45) is 0. The fourth-order valence-electron chi connectivity index (χ4n) is 0.321. The van der Waals surface area contributed by atoms with Gasteiger partial charge in [0.05, 0.1) is 0 Å². The molecule has 1 aromatic rings. The monoisotopic (exact) mass is 144 g/mol. The molecule has 0 atom stereocenters. The van der Waals surface area contributed by atoms with E-state index in [9.17, 15) is 0 Å². The second-order valence-corrected chi connectivity index (χ2v) is 1.34. The van der Waals surface area contributed by atoms with Crippen molar-refractivity contribution >= 4 is 4.59 Å². The van der Waals surface area contributed by atoms with Crippen molar-refractivity contribution in [1.29, 1.82) is 0 Å². The quantitative estimate of drug-likeness (QED) is 0.496. The van der Waals surface area contributed by atoms with Crippen LogP contribution in [0.3, 0.4) is 0 Å². The molecule has 0 aliphatic rings. The van der Waals surface area contributed by atoms with E-state index in [0.29, 0.717) is 0 Å². The first-order valence-electron chi connectivity index (χ1n) is 2.09. The normalized spacial score (nSPS) is 5.88. The molecule has 0 heterocycles. The zero-order chi connectivity index (χ0) is 6.24. The van der Waals surface area contributed by atoms with E-state index in [4.69, 9.17) is 4.79 Å². The van der Waals surface area contributed by atoms with E-state index in [0.717, 1.165) is 0 Å². The Labute approximate surface area is 57.2 Å². The molecule has 8 heavy (non-hydrogen) atoms. The third kappa shape index (κ3) is 5.51. The Bertz CT molecular complexity index is 120. The van der Waals surface area contributed by atoms with Gasteiger partial charge in [0.1, 0.15) is 0 Å². The SMILES string of the molecule is O=[C]=[V].c1cc[cH-]c1. The Morgan fingerprint density at radius 1 is 1.38 bits per heavy atom. The van der Waals surface area contributed by atoms with E-state index in [-0.39, 0.29) is 0 Å². The molecule has 0 unspecified atom stereocenters. The number of carbonyl (C=O) groups excluding carboxylic acids is 1. The molecule has 41 valence electrons. The van der Waals surface area contributed by atoms with Gasteiger partial charge in [-0.05, 0) is 0 Å². The Kier molecular flexibility index (Phi) is 6.12. The van der Waals surface area contributed by atoms with Crippen molar-refractivity contribution in [3.8, 4) is 0 Å². The summed E-state index contributed by atoms with van der Waals surface area (Å²) >= 11 is 1.66. The van der Waals surface area contributed by atoms with Crippen LogP contribution in [0.5, 0.6) is 0 Å². The van der Waals surface area contributed by atoms with Crippen LogP contribution in [-0.2, 0) is 21.8 Å². The molecule has 0 saturated heterocycles. The average molecular weight is 144 g/mol. The molecule has 1 aromatic carbocycles. The van der Waals surface area contributed by atoms with Gasteiger partial charge >= 0.3 is 26.4 Å². The van der Waals surface area contributed by atoms with Crippen LogP contribution in [0.2, 0.25) is 0 Å². The number of hydrogen-bond acceptors (Lipinski definition) is 1. The van der Waals surface area contributed by atoms with Gasteiger partial charge in [-0.3, -0.25) is 0 Å². The van der Waals surface area contributed by atoms with Gasteiger partial charge < -0.3 is 0 Å². The maximum atomic E-state index is 8.65. The second kappa shape index (κ2) is 6.51. The Morgan fingerprint density at radius 3 is 1.88 bits per heavy atom. The topological polar surface area (TPSA) is 17.1 Å². The summed E-state index contributed by atoms with van der Waals surface area (Å²) in [4.78, 5) is 8.65. The van der Waals surface area contributed by atoms with E-state index in [1.807, 2.05) is 30.3 Å². The van der Waals surface area contributed by atoms with Crippen LogP contribution < -0.4 is 0 Å². The smallest absolute Gasteiger partial charge is 0.172 e. The molecular weight excluding hydrogens is 139 g/mol. The summed E-state index contributed by atoms with van der Waals surface area (Å²) in [5, 5.41) is 0. The first kappa shape index (κ1) is 7.51. The van der Waals surface area contributed by atoms with Gasteiger partial charge in [0, 0.05) is 0 Å². The van der Waals surface area contributed by atoms with E-state index < -0.39 is 0 Å². The molecular formula is C6H5OV-. The van der Waals surface area contributed by atoms with Crippen LogP contribution in [0.15, 0.2) is 30.3 Å². The van der Waals surface area contributed by atoms with Crippen molar-refractivity contribution in [2.45, 2.75) is 0 Å². The number of rotatable bonds is 0. The first-order chi connectivity index (χ1) is 3.91. The first-order valence-corrected chi connectivity index (χ1v) is 2.79. The van der Waals surface area contributed by atoms with Crippen molar-refractivity contribution in [1.82, 2.24) is 0 Å². The molecule has 0 amide bonds. The van der Waals surface area contributed by atoms with Gasteiger partial charge in [0.2, 0.25) is 0 Å². The minimum Gasteiger partial charge on any atom is -0.214 e. The molecule has 0 fully saturated rings. The summed E-state index contributed by atoms with van der Waals surface area (Å²) in [6.45, 7) is 0. The molecule has 1 rings (SSSR count). The predicted molar refractivity (Wildman–Crippen MR) is 27.7 cm³/mol. The number of hydrogen-bond donors (Lipinski definition) is 0. The van der Waals surface area contributed by atoms with Crippen molar-refractivity contribution in [2.75, 3.05) is 0 Å². The molecule has 0 aliphatic carbocycles. The zero-order valence-corrected chi connectivity index (χ0v) is 5.64. The Balaban J connectivity index is 0.000000145. The maximum absolute atomic E-state index is 8.65. The van der Waals surface area contributed by atoms with Gasteiger partial charge in [-0.1, -0.05) is 0 Å². The molecule has 0 bridgehead atoms. The summed E-state index contributed by atoms with van der Waals surface area (Å²) in [5.74, 6) is 0. The van der Waals surface area contributed by atoms with Gasteiger partial charge in [0.25, 0.3) is 0 Å². The van der Waals surface area contributed by atoms with Gasteiger partial charge in [-0.2, -0.15) is 18.2 Å². The van der Waals surface area contributed by atoms with Crippen molar-refractivity contribution in [3.05, 3.63) is 30.3 Å². The van der Waals surface area contributed by atoms with Crippen LogP contribution in [-0.4, -0.2) is 4.59 Å². The summed E-state index contributed by atoms with van der Waals surface area (Å²) in [5.41, 5.74) is 0. The molecule has 0 aliphatic heterocycles. The largest absolute Gasteiger partial charge is 0.214 e. The summed E-state index contributed by atoms with van der Waals surface area (Å²) < 4.78 is 1.44. The second-order valence-electron chi connectivity index (χ2n) is 1.05. The van der Waals surface area contributed by atoms with Crippen LogP contribution in [0.1, 0.15) is 0 Å². The molecule has 0 radical (unpaired) electrons. The third-order valence-corrected chi connectivity index (χ3v) is 0.556. The van der Waals surface area contributed by atoms with E-state index in [1.165, 1.54) is 4.59 Å². The van der Waals surface area contributed by atoms with E-state index in [1.54, 1.807) is 17.0 Å². The van der Waals surface area contributed by atoms with Crippen molar-refractivity contribution in [2.24, 2.45) is 0 Å². The fraction of sp³-hybridized carbons (Fsp3) is 0. The minimum absolute atomic E-state index is 1.44. The summed E-state index contributed by atoms with van der Waals surface area (Å²) in [6, 6.07) is 10.0. The summed E-state index contributed by atoms with van der Waals surface area (Å²) in [7, 11) is 0. The Hall–Kier alpha value is -0.486. The maximum Gasteiger partial charge on any atom is -0.172 e. The molecule has 2 heteroatoms. The average Bonchev–Trinajstić information content (AvgIpc) is 2.17. The molecule has 0 aromatic heterocycles. The third-order valence-electron chi connectivity index (χ3n) is 0.556. The van der Waals surface area contributed by atoms with E-state index >= 15 is 0 Å². The zero-order valence-electron chi connectivity index (χ0n) is 4.24. The molecule has 0 saturated carbocycles. The van der Waals surface area contributed by atoms with Crippen molar-refractivity contribution in [3.63, 3.8) is 0 Å². The Morgan fingerprint density at radius 2 is 1.75 bits per heavy atom. The molecule has 0 N–H and O–H groups in total. The van der Waals surface area contributed by atoms with Crippen LogP contribution in [0.25, 0.3) is 0 Å². The predicted octanol–water partition coefficient (Wildman–Crippen LogP) is 1.01. The van der Waals surface area contributed by atoms with Gasteiger partial charge in [-0.25, -0.2) is 12.1 Å². The standard InChI is InChI=1S/C5H5.CO.V/c1-2-4-5-3-1;1-2;/h1-5H;;/q-1;;. The van der Waals surface area contributed by atoms with Gasteiger partial charge in [0.15, 0.2) is 0 Å². The molecule has 0 spiro atoms.